The maximum absolute atomic E-state index is 9.86. The second-order valence-corrected chi connectivity index (χ2v) is 4.02. The zero-order valence-electron chi connectivity index (χ0n) is 9.53. The molecule has 1 aromatic carbocycles. The number of allylic oxidation sites excluding steroid dienone is 3. The molecule has 2 rings (SSSR count). The summed E-state index contributed by atoms with van der Waals surface area (Å²) in [5, 5.41) is 19.5. The minimum Gasteiger partial charge on any atom is -0.508 e. The van der Waals surface area contributed by atoms with Gasteiger partial charge in [-0.1, -0.05) is 37.9 Å². The van der Waals surface area contributed by atoms with Crippen molar-refractivity contribution in [2.75, 3.05) is 0 Å². The summed E-state index contributed by atoms with van der Waals surface area (Å²) in [6.45, 7) is 11.2. The molecule has 0 unspecified atom stereocenters. The lowest BCUT2D eigenvalue weighted by atomic mass is 9.81. The van der Waals surface area contributed by atoms with Crippen LogP contribution in [0, 0.1) is 0 Å². The zero-order chi connectivity index (χ0) is 12.6. The van der Waals surface area contributed by atoms with Crippen LogP contribution in [0.4, 0.5) is 0 Å². The smallest absolute Gasteiger partial charge is 0.123 e. The normalized spacial score (nSPS) is 14.5. The second kappa shape index (κ2) is 3.98. The molecule has 0 heterocycles. The Hall–Kier alpha value is -2.22. The Morgan fingerprint density at radius 3 is 2.65 bits per heavy atom. The minimum absolute atomic E-state index is 0.0428. The van der Waals surface area contributed by atoms with E-state index in [1.165, 1.54) is 0 Å². The molecule has 1 aliphatic carbocycles. The Morgan fingerprint density at radius 1 is 1.35 bits per heavy atom. The lowest BCUT2D eigenvalue weighted by molar-refractivity contribution is 0.428. The molecule has 86 valence electrons. The standard InChI is InChI=1S/C15H14O2/c1-4-11-8-12-6-5-7-13(17)15(12)9(2)14(11)10(3)16/h4-7,16-17H,1-3,8H2. The molecule has 2 heteroatoms. The molecule has 0 saturated carbocycles. The van der Waals surface area contributed by atoms with E-state index in [4.69, 9.17) is 0 Å². The summed E-state index contributed by atoms with van der Waals surface area (Å²) >= 11 is 0. The highest BCUT2D eigenvalue weighted by Gasteiger charge is 2.23. The van der Waals surface area contributed by atoms with Gasteiger partial charge < -0.3 is 10.2 Å². The molecule has 0 bridgehead atoms. The maximum atomic E-state index is 9.86. The predicted molar refractivity (Wildman–Crippen MR) is 69.8 cm³/mol. The van der Waals surface area contributed by atoms with E-state index in [1.807, 2.05) is 6.07 Å². The Kier molecular flexibility index (Phi) is 2.64. The van der Waals surface area contributed by atoms with Crippen LogP contribution in [0.25, 0.3) is 5.57 Å². The molecule has 2 nitrogen and oxygen atoms in total. The number of phenols is 1. The predicted octanol–water partition coefficient (Wildman–Crippen LogP) is 3.52. The van der Waals surface area contributed by atoms with Crippen LogP contribution in [0.3, 0.4) is 0 Å². The van der Waals surface area contributed by atoms with Crippen molar-refractivity contribution in [3.8, 4) is 5.75 Å². The van der Waals surface area contributed by atoms with Gasteiger partial charge in [0.15, 0.2) is 0 Å². The largest absolute Gasteiger partial charge is 0.508 e. The quantitative estimate of drug-likeness (QED) is 0.757. The zero-order valence-corrected chi connectivity index (χ0v) is 9.53. The van der Waals surface area contributed by atoms with Crippen molar-refractivity contribution < 1.29 is 10.2 Å². The van der Waals surface area contributed by atoms with Crippen LogP contribution in [0.15, 0.2) is 60.9 Å². The van der Waals surface area contributed by atoms with Gasteiger partial charge in [0.1, 0.15) is 11.5 Å². The van der Waals surface area contributed by atoms with Crippen LogP contribution in [0.5, 0.6) is 5.75 Å². The highest BCUT2D eigenvalue weighted by atomic mass is 16.3. The molecule has 0 aromatic heterocycles. The lowest BCUT2D eigenvalue weighted by Crippen LogP contribution is -2.08. The maximum Gasteiger partial charge on any atom is 0.123 e. The molecule has 0 fully saturated rings. The fourth-order valence-electron chi connectivity index (χ4n) is 2.23. The van der Waals surface area contributed by atoms with Crippen LogP contribution in [0.2, 0.25) is 0 Å². The van der Waals surface area contributed by atoms with E-state index in [2.05, 4.69) is 19.7 Å². The van der Waals surface area contributed by atoms with E-state index in [0.29, 0.717) is 23.1 Å². The van der Waals surface area contributed by atoms with Crippen molar-refractivity contribution >= 4 is 5.57 Å². The molecule has 17 heavy (non-hydrogen) atoms. The first-order valence-electron chi connectivity index (χ1n) is 5.30. The van der Waals surface area contributed by atoms with E-state index in [0.717, 1.165) is 11.1 Å². The molecular weight excluding hydrogens is 212 g/mol. The number of phenolic OH excluding ortho intramolecular Hbond substituents is 1. The highest BCUT2D eigenvalue weighted by Crippen LogP contribution is 2.41. The summed E-state index contributed by atoms with van der Waals surface area (Å²) in [6.07, 6.45) is 2.30. The third-order valence-corrected chi connectivity index (χ3v) is 2.97. The van der Waals surface area contributed by atoms with Gasteiger partial charge in [-0.2, -0.15) is 0 Å². The molecule has 0 amide bonds. The molecule has 0 atom stereocenters. The van der Waals surface area contributed by atoms with Gasteiger partial charge in [-0.25, -0.2) is 0 Å². The van der Waals surface area contributed by atoms with Gasteiger partial charge >= 0.3 is 0 Å². The third kappa shape index (κ3) is 1.68. The van der Waals surface area contributed by atoms with E-state index in [-0.39, 0.29) is 11.5 Å². The van der Waals surface area contributed by atoms with E-state index >= 15 is 0 Å². The van der Waals surface area contributed by atoms with Gasteiger partial charge in [0.25, 0.3) is 0 Å². The number of aromatic hydroxyl groups is 1. The second-order valence-electron chi connectivity index (χ2n) is 4.02. The van der Waals surface area contributed by atoms with Crippen molar-refractivity contribution in [2.24, 2.45) is 0 Å². The van der Waals surface area contributed by atoms with E-state index in [9.17, 15) is 10.2 Å². The van der Waals surface area contributed by atoms with Gasteiger partial charge in [0.05, 0.1) is 0 Å². The fourth-order valence-corrected chi connectivity index (χ4v) is 2.23. The first-order valence-corrected chi connectivity index (χ1v) is 5.30. The highest BCUT2D eigenvalue weighted by molar-refractivity contribution is 5.89. The van der Waals surface area contributed by atoms with E-state index in [1.54, 1.807) is 18.2 Å². The van der Waals surface area contributed by atoms with Gasteiger partial charge in [-0.05, 0) is 29.2 Å². The minimum atomic E-state index is -0.0428. The number of rotatable bonds is 2. The Balaban J connectivity index is 2.68. The monoisotopic (exact) mass is 226 g/mol. The van der Waals surface area contributed by atoms with Crippen molar-refractivity contribution in [1.29, 1.82) is 0 Å². The fraction of sp³-hybridized carbons (Fsp3) is 0.0667. The third-order valence-electron chi connectivity index (χ3n) is 2.97. The summed E-state index contributed by atoms with van der Waals surface area (Å²) < 4.78 is 0. The number of hydrogen-bond acceptors (Lipinski definition) is 2. The average molecular weight is 226 g/mol. The van der Waals surface area contributed by atoms with Crippen molar-refractivity contribution in [3.63, 3.8) is 0 Å². The lowest BCUT2D eigenvalue weighted by Gasteiger charge is -2.23. The van der Waals surface area contributed by atoms with Gasteiger partial charge in [-0.15, -0.1) is 0 Å². The summed E-state index contributed by atoms with van der Waals surface area (Å²) in [7, 11) is 0. The summed E-state index contributed by atoms with van der Waals surface area (Å²) in [4.78, 5) is 0. The SMILES string of the molecule is C=CC1=C(C(=C)O)C(=C)c2c(O)cccc2C1. The number of fused-ring (bicyclic) bond motifs is 1. The molecule has 0 spiro atoms. The van der Waals surface area contributed by atoms with Crippen LogP contribution in [-0.2, 0) is 6.42 Å². The number of aliphatic hydroxyl groups is 1. The van der Waals surface area contributed by atoms with Gasteiger partial charge in [0.2, 0.25) is 0 Å². The molecular formula is C15H14O2. The molecule has 2 N–H and O–H groups in total. The van der Waals surface area contributed by atoms with Gasteiger partial charge in [0, 0.05) is 11.1 Å². The van der Waals surface area contributed by atoms with Crippen molar-refractivity contribution in [2.45, 2.75) is 6.42 Å². The number of aliphatic hydroxyl groups excluding tert-OH is 1. The molecule has 1 aromatic rings. The van der Waals surface area contributed by atoms with Crippen molar-refractivity contribution in [3.05, 3.63) is 72.0 Å². The van der Waals surface area contributed by atoms with Crippen LogP contribution in [0.1, 0.15) is 11.1 Å². The summed E-state index contributed by atoms with van der Waals surface area (Å²) in [5.74, 6) is 0.133. The first-order chi connectivity index (χ1) is 8.06. The van der Waals surface area contributed by atoms with Crippen LogP contribution in [-0.4, -0.2) is 10.2 Å². The van der Waals surface area contributed by atoms with Crippen molar-refractivity contribution in [1.82, 2.24) is 0 Å². The molecule has 1 aliphatic rings. The van der Waals surface area contributed by atoms with Crippen LogP contribution < -0.4 is 0 Å². The Bertz CT molecular complexity index is 562. The number of hydrogen-bond donors (Lipinski definition) is 2. The summed E-state index contributed by atoms with van der Waals surface area (Å²) in [5.41, 5.74) is 3.71. The van der Waals surface area contributed by atoms with E-state index < -0.39 is 0 Å². The molecule has 0 saturated heterocycles. The van der Waals surface area contributed by atoms with Gasteiger partial charge in [-0.3, -0.25) is 0 Å². The summed E-state index contributed by atoms with van der Waals surface area (Å²) in [6, 6.07) is 5.34. The topological polar surface area (TPSA) is 40.5 Å². The number of benzene rings is 1. The van der Waals surface area contributed by atoms with Crippen LogP contribution >= 0.6 is 0 Å². The average Bonchev–Trinajstić information content (AvgIpc) is 2.27. The Labute approximate surface area is 101 Å². The first kappa shape index (κ1) is 11.3. The molecule has 0 aliphatic heterocycles. The molecule has 0 radical (unpaired) electrons. The Morgan fingerprint density at radius 2 is 2.06 bits per heavy atom.